The largest absolute Gasteiger partial charge is 0.381 e. The molecule has 138 valence electrons. The second-order valence-corrected chi connectivity index (χ2v) is 7.55. The van der Waals surface area contributed by atoms with Gasteiger partial charge in [0.2, 0.25) is 5.91 Å². The standard InChI is InChI=1S/C23H29NO2/c1-16-14-18(3)21(15-17(16)2)19(4)24-22(25)23(10-12-26-13-11-23)20-8-6-5-7-9-20/h5-9,14-15,19H,10-13H2,1-4H3,(H,24,25). The summed E-state index contributed by atoms with van der Waals surface area (Å²) in [4.78, 5) is 13.4. The number of carbonyl (C=O) groups excluding carboxylic acids is 1. The highest BCUT2D eigenvalue weighted by molar-refractivity contribution is 5.88. The summed E-state index contributed by atoms with van der Waals surface area (Å²) in [5.41, 5.74) is 5.55. The number of carbonyl (C=O) groups is 1. The Balaban J connectivity index is 1.88. The highest BCUT2D eigenvalue weighted by Crippen LogP contribution is 2.36. The second kappa shape index (κ2) is 7.63. The van der Waals surface area contributed by atoms with Gasteiger partial charge in [0.25, 0.3) is 0 Å². The summed E-state index contributed by atoms with van der Waals surface area (Å²) in [6, 6.07) is 14.5. The molecule has 3 rings (SSSR count). The normalized spacial score (nSPS) is 17.5. The Morgan fingerprint density at radius 2 is 1.62 bits per heavy atom. The minimum atomic E-state index is -0.499. The van der Waals surface area contributed by atoms with E-state index in [0.29, 0.717) is 13.2 Å². The fraction of sp³-hybridized carbons (Fsp3) is 0.435. The first kappa shape index (κ1) is 18.7. The first-order valence-corrected chi connectivity index (χ1v) is 9.46. The van der Waals surface area contributed by atoms with Gasteiger partial charge < -0.3 is 10.1 Å². The van der Waals surface area contributed by atoms with E-state index in [1.165, 1.54) is 22.3 Å². The minimum absolute atomic E-state index is 0.0229. The summed E-state index contributed by atoms with van der Waals surface area (Å²) in [5.74, 6) is 0.108. The topological polar surface area (TPSA) is 38.3 Å². The fourth-order valence-electron chi connectivity index (χ4n) is 3.99. The molecule has 1 aliphatic rings. The first-order valence-electron chi connectivity index (χ1n) is 9.46. The number of ether oxygens (including phenoxy) is 1. The molecule has 1 aliphatic heterocycles. The maximum absolute atomic E-state index is 13.4. The van der Waals surface area contributed by atoms with Crippen LogP contribution in [-0.2, 0) is 14.9 Å². The number of benzene rings is 2. The van der Waals surface area contributed by atoms with Crippen molar-refractivity contribution in [2.45, 2.75) is 52.0 Å². The van der Waals surface area contributed by atoms with E-state index in [2.05, 4.69) is 57.3 Å². The molecule has 1 amide bonds. The van der Waals surface area contributed by atoms with Crippen molar-refractivity contribution in [3.8, 4) is 0 Å². The Morgan fingerprint density at radius 3 is 2.27 bits per heavy atom. The summed E-state index contributed by atoms with van der Waals surface area (Å²) < 4.78 is 5.55. The molecular weight excluding hydrogens is 322 g/mol. The van der Waals surface area contributed by atoms with E-state index in [9.17, 15) is 4.79 Å². The predicted octanol–water partition coefficient (Wildman–Crippen LogP) is 4.54. The van der Waals surface area contributed by atoms with Gasteiger partial charge in [-0.3, -0.25) is 4.79 Å². The molecular formula is C23H29NO2. The monoisotopic (exact) mass is 351 g/mol. The molecule has 3 nitrogen and oxygen atoms in total. The highest BCUT2D eigenvalue weighted by atomic mass is 16.5. The van der Waals surface area contributed by atoms with Gasteiger partial charge in [-0.15, -0.1) is 0 Å². The van der Waals surface area contributed by atoms with Crippen LogP contribution in [0.15, 0.2) is 42.5 Å². The molecule has 0 spiro atoms. The molecule has 0 aromatic heterocycles. The zero-order valence-corrected chi connectivity index (χ0v) is 16.3. The van der Waals surface area contributed by atoms with E-state index in [0.717, 1.165) is 18.4 Å². The Bertz CT molecular complexity index is 776. The van der Waals surface area contributed by atoms with Crippen LogP contribution in [0.1, 0.15) is 53.6 Å². The molecule has 1 saturated heterocycles. The van der Waals surface area contributed by atoms with Crippen molar-refractivity contribution in [1.29, 1.82) is 0 Å². The molecule has 0 radical (unpaired) electrons. The molecule has 3 heteroatoms. The SMILES string of the molecule is Cc1cc(C)c(C(C)NC(=O)C2(c3ccccc3)CCOCC2)cc1C. The van der Waals surface area contributed by atoms with E-state index in [1.807, 2.05) is 18.2 Å². The molecule has 1 heterocycles. The van der Waals surface area contributed by atoms with Crippen molar-refractivity contribution in [3.05, 3.63) is 70.3 Å². The quantitative estimate of drug-likeness (QED) is 0.878. The van der Waals surface area contributed by atoms with E-state index in [4.69, 9.17) is 4.74 Å². The van der Waals surface area contributed by atoms with Crippen LogP contribution in [0.4, 0.5) is 0 Å². The number of amides is 1. The van der Waals surface area contributed by atoms with Gasteiger partial charge in [-0.25, -0.2) is 0 Å². The van der Waals surface area contributed by atoms with Crippen molar-refractivity contribution >= 4 is 5.91 Å². The summed E-state index contributed by atoms with van der Waals surface area (Å²) in [6.45, 7) is 9.69. The van der Waals surface area contributed by atoms with Crippen LogP contribution >= 0.6 is 0 Å². The third kappa shape index (κ3) is 3.54. The van der Waals surface area contributed by atoms with Crippen molar-refractivity contribution < 1.29 is 9.53 Å². The molecule has 26 heavy (non-hydrogen) atoms. The number of hydrogen-bond donors (Lipinski definition) is 1. The first-order chi connectivity index (χ1) is 12.4. The van der Waals surface area contributed by atoms with Gasteiger partial charge in [0.05, 0.1) is 11.5 Å². The number of nitrogens with one attached hydrogen (secondary N) is 1. The van der Waals surface area contributed by atoms with Crippen molar-refractivity contribution in [2.75, 3.05) is 13.2 Å². The molecule has 1 unspecified atom stereocenters. The lowest BCUT2D eigenvalue weighted by Crippen LogP contribution is -2.48. The average Bonchev–Trinajstić information content (AvgIpc) is 2.65. The van der Waals surface area contributed by atoms with Gasteiger partial charge in [-0.05, 0) is 68.4 Å². The average molecular weight is 351 g/mol. The zero-order chi connectivity index (χ0) is 18.7. The molecule has 0 saturated carbocycles. The van der Waals surface area contributed by atoms with Gasteiger partial charge in [-0.2, -0.15) is 0 Å². The van der Waals surface area contributed by atoms with Gasteiger partial charge >= 0.3 is 0 Å². The maximum atomic E-state index is 13.4. The van der Waals surface area contributed by atoms with E-state index in [-0.39, 0.29) is 11.9 Å². The third-order valence-corrected chi connectivity index (χ3v) is 5.80. The summed E-state index contributed by atoms with van der Waals surface area (Å²) in [7, 11) is 0. The Kier molecular flexibility index (Phi) is 5.47. The van der Waals surface area contributed by atoms with Gasteiger partial charge in [0.1, 0.15) is 0 Å². The lowest BCUT2D eigenvalue weighted by molar-refractivity contribution is -0.131. The molecule has 1 atom stereocenters. The zero-order valence-electron chi connectivity index (χ0n) is 16.3. The van der Waals surface area contributed by atoms with Crippen molar-refractivity contribution in [1.82, 2.24) is 5.32 Å². The third-order valence-electron chi connectivity index (χ3n) is 5.80. The van der Waals surface area contributed by atoms with Gasteiger partial charge in [-0.1, -0.05) is 42.5 Å². The van der Waals surface area contributed by atoms with Gasteiger partial charge in [0, 0.05) is 13.2 Å². The number of hydrogen-bond acceptors (Lipinski definition) is 2. The Labute approximate surface area is 156 Å². The minimum Gasteiger partial charge on any atom is -0.381 e. The van der Waals surface area contributed by atoms with Crippen LogP contribution in [0.2, 0.25) is 0 Å². The Hall–Kier alpha value is -2.13. The van der Waals surface area contributed by atoms with Crippen LogP contribution in [0.25, 0.3) is 0 Å². The highest BCUT2D eigenvalue weighted by Gasteiger charge is 2.42. The molecule has 1 N–H and O–H groups in total. The summed E-state index contributed by atoms with van der Waals surface area (Å²) in [6.07, 6.45) is 1.45. The summed E-state index contributed by atoms with van der Waals surface area (Å²) >= 11 is 0. The van der Waals surface area contributed by atoms with Crippen molar-refractivity contribution in [3.63, 3.8) is 0 Å². The lowest BCUT2D eigenvalue weighted by atomic mass is 9.73. The van der Waals surface area contributed by atoms with Crippen molar-refractivity contribution in [2.24, 2.45) is 0 Å². The van der Waals surface area contributed by atoms with E-state index in [1.54, 1.807) is 0 Å². The fourth-order valence-corrected chi connectivity index (χ4v) is 3.99. The molecule has 0 aliphatic carbocycles. The van der Waals surface area contributed by atoms with E-state index >= 15 is 0 Å². The second-order valence-electron chi connectivity index (χ2n) is 7.55. The molecule has 2 aromatic rings. The smallest absolute Gasteiger partial charge is 0.231 e. The van der Waals surface area contributed by atoms with Crippen LogP contribution in [0.5, 0.6) is 0 Å². The molecule has 1 fully saturated rings. The Morgan fingerprint density at radius 1 is 1.00 bits per heavy atom. The lowest BCUT2D eigenvalue weighted by Gasteiger charge is -2.37. The van der Waals surface area contributed by atoms with E-state index < -0.39 is 5.41 Å². The molecule has 2 aromatic carbocycles. The summed E-state index contributed by atoms with van der Waals surface area (Å²) in [5, 5.41) is 3.30. The molecule has 0 bridgehead atoms. The van der Waals surface area contributed by atoms with Crippen LogP contribution in [0.3, 0.4) is 0 Å². The van der Waals surface area contributed by atoms with Crippen LogP contribution < -0.4 is 5.32 Å². The van der Waals surface area contributed by atoms with Crippen LogP contribution in [0, 0.1) is 20.8 Å². The number of aryl methyl sites for hydroxylation is 3. The predicted molar refractivity (Wildman–Crippen MR) is 105 cm³/mol. The van der Waals surface area contributed by atoms with Crippen LogP contribution in [-0.4, -0.2) is 19.1 Å². The maximum Gasteiger partial charge on any atom is 0.231 e. The van der Waals surface area contributed by atoms with Gasteiger partial charge in [0.15, 0.2) is 0 Å². The number of rotatable bonds is 4.